The molecule has 0 radical (unpaired) electrons. The molecule has 4 nitrogen and oxygen atoms in total. The second kappa shape index (κ2) is 5.33. The van der Waals surface area contributed by atoms with E-state index in [0.717, 1.165) is 0 Å². The first-order chi connectivity index (χ1) is 8.60. The number of nitrogens with one attached hydrogen (secondary N) is 1. The monoisotopic (exact) mass is 283 g/mol. The Morgan fingerprint density at radius 1 is 1.22 bits per heavy atom. The van der Waals surface area contributed by atoms with Crippen LogP contribution in [0.3, 0.4) is 0 Å². The Kier molecular flexibility index (Phi) is 3.79. The molecular formula is C12H11Cl2N3O. The van der Waals surface area contributed by atoms with Crippen LogP contribution in [0.2, 0.25) is 10.0 Å². The van der Waals surface area contributed by atoms with E-state index >= 15 is 0 Å². The molecule has 3 N–H and O–H groups in total. The molecule has 1 heterocycles. The van der Waals surface area contributed by atoms with Crippen LogP contribution < -0.4 is 15.8 Å². The van der Waals surface area contributed by atoms with Crippen molar-refractivity contribution in [3.8, 4) is 5.75 Å². The van der Waals surface area contributed by atoms with Gasteiger partial charge in [0, 0.05) is 11.2 Å². The van der Waals surface area contributed by atoms with Gasteiger partial charge in [0.15, 0.2) is 5.82 Å². The zero-order chi connectivity index (χ0) is 13.1. The second-order valence-corrected chi connectivity index (χ2v) is 4.43. The van der Waals surface area contributed by atoms with E-state index in [0.29, 0.717) is 33.0 Å². The number of pyridine rings is 1. The fourth-order valence-corrected chi connectivity index (χ4v) is 1.80. The second-order valence-electron chi connectivity index (χ2n) is 3.56. The van der Waals surface area contributed by atoms with E-state index in [4.69, 9.17) is 33.7 Å². The quantitative estimate of drug-likeness (QED) is 0.901. The Bertz CT molecular complexity index is 575. The third-order valence-corrected chi connectivity index (χ3v) is 2.74. The highest BCUT2D eigenvalue weighted by atomic mass is 35.5. The van der Waals surface area contributed by atoms with Crippen LogP contribution in [0.4, 0.5) is 17.2 Å². The molecule has 6 heteroatoms. The van der Waals surface area contributed by atoms with Gasteiger partial charge < -0.3 is 15.8 Å². The van der Waals surface area contributed by atoms with Gasteiger partial charge in [-0.1, -0.05) is 23.2 Å². The fourth-order valence-electron chi connectivity index (χ4n) is 1.46. The Hall–Kier alpha value is -1.65. The lowest BCUT2D eigenvalue weighted by Gasteiger charge is -2.12. The maximum Gasteiger partial charge on any atom is 0.153 e. The van der Waals surface area contributed by atoms with E-state index in [-0.39, 0.29) is 0 Å². The molecule has 2 rings (SSSR count). The molecule has 2 aromatic rings. The smallest absolute Gasteiger partial charge is 0.153 e. The van der Waals surface area contributed by atoms with E-state index in [1.807, 2.05) is 0 Å². The van der Waals surface area contributed by atoms with Gasteiger partial charge in [0.25, 0.3) is 0 Å². The summed E-state index contributed by atoms with van der Waals surface area (Å²) in [7, 11) is 1.58. The molecular weight excluding hydrogens is 273 g/mol. The summed E-state index contributed by atoms with van der Waals surface area (Å²) in [6.07, 6.45) is 1.51. The van der Waals surface area contributed by atoms with Crippen molar-refractivity contribution < 1.29 is 4.74 Å². The van der Waals surface area contributed by atoms with E-state index in [9.17, 15) is 0 Å². The molecule has 0 bridgehead atoms. The van der Waals surface area contributed by atoms with Crippen LogP contribution >= 0.6 is 23.2 Å². The van der Waals surface area contributed by atoms with Crippen LogP contribution in [0.15, 0.2) is 30.5 Å². The number of rotatable bonds is 3. The maximum absolute atomic E-state index is 5.94. The first-order valence-electron chi connectivity index (χ1n) is 5.11. The zero-order valence-electron chi connectivity index (χ0n) is 9.58. The highest BCUT2D eigenvalue weighted by Crippen LogP contribution is 2.32. The first-order valence-corrected chi connectivity index (χ1v) is 5.87. The number of nitrogens with two attached hydrogens (primary N) is 1. The normalized spacial score (nSPS) is 10.2. The molecule has 94 valence electrons. The Morgan fingerprint density at radius 2 is 2.00 bits per heavy atom. The molecule has 18 heavy (non-hydrogen) atoms. The molecule has 0 atom stereocenters. The molecule has 0 saturated carbocycles. The molecule has 1 aromatic carbocycles. The minimum absolute atomic E-state index is 0.449. The summed E-state index contributed by atoms with van der Waals surface area (Å²) in [4.78, 5) is 4.11. The summed E-state index contributed by atoms with van der Waals surface area (Å²) in [5.74, 6) is 1.15. The van der Waals surface area contributed by atoms with Gasteiger partial charge in [-0.15, -0.1) is 0 Å². The molecule has 1 aromatic heterocycles. The van der Waals surface area contributed by atoms with Gasteiger partial charge in [0.1, 0.15) is 5.75 Å². The highest BCUT2D eigenvalue weighted by Gasteiger charge is 2.07. The minimum atomic E-state index is 0.449. The van der Waals surface area contributed by atoms with Crippen LogP contribution in [0.1, 0.15) is 0 Å². The van der Waals surface area contributed by atoms with Gasteiger partial charge in [0.2, 0.25) is 0 Å². The maximum atomic E-state index is 5.94. The number of ether oxygens (including phenoxy) is 1. The largest absolute Gasteiger partial charge is 0.495 e. The minimum Gasteiger partial charge on any atom is -0.495 e. The number of aromatic nitrogens is 1. The predicted molar refractivity (Wildman–Crippen MR) is 74.9 cm³/mol. The van der Waals surface area contributed by atoms with Gasteiger partial charge in [-0.3, -0.25) is 0 Å². The topological polar surface area (TPSA) is 60.2 Å². The summed E-state index contributed by atoms with van der Waals surface area (Å²) in [6.45, 7) is 0. The van der Waals surface area contributed by atoms with Crippen molar-refractivity contribution in [1.29, 1.82) is 0 Å². The number of nitrogen functional groups attached to an aromatic ring is 1. The zero-order valence-corrected chi connectivity index (χ0v) is 11.1. The van der Waals surface area contributed by atoms with E-state index in [1.165, 1.54) is 6.20 Å². The first kappa shape index (κ1) is 12.8. The summed E-state index contributed by atoms with van der Waals surface area (Å²) in [6, 6.07) is 6.85. The van der Waals surface area contributed by atoms with Crippen molar-refractivity contribution >= 4 is 40.4 Å². The third-order valence-electron chi connectivity index (χ3n) is 2.30. The van der Waals surface area contributed by atoms with E-state index in [1.54, 1.807) is 31.4 Å². The van der Waals surface area contributed by atoms with Gasteiger partial charge in [-0.2, -0.15) is 0 Å². The number of hydrogen-bond donors (Lipinski definition) is 2. The molecule has 0 amide bonds. The Labute approximate surface area is 115 Å². The fraction of sp³-hybridized carbons (Fsp3) is 0.0833. The number of nitrogens with zero attached hydrogens (tertiary/aromatic N) is 1. The average molecular weight is 284 g/mol. The van der Waals surface area contributed by atoms with E-state index in [2.05, 4.69) is 10.3 Å². The highest BCUT2D eigenvalue weighted by molar-refractivity contribution is 6.31. The molecule has 0 spiro atoms. The van der Waals surface area contributed by atoms with Gasteiger partial charge in [0.05, 0.1) is 23.5 Å². The number of halogens is 2. The van der Waals surface area contributed by atoms with Crippen molar-refractivity contribution in [3.63, 3.8) is 0 Å². The third kappa shape index (κ3) is 2.78. The van der Waals surface area contributed by atoms with Gasteiger partial charge in [-0.05, 0) is 24.3 Å². The van der Waals surface area contributed by atoms with Crippen LogP contribution in [-0.4, -0.2) is 12.1 Å². The standard InChI is InChI=1S/C12H11Cl2N3O/c1-18-11-3-2-7(13)5-10(11)17-12-9(15)4-8(14)6-16-12/h2-6H,15H2,1H3,(H,16,17). The van der Waals surface area contributed by atoms with E-state index < -0.39 is 0 Å². The lowest BCUT2D eigenvalue weighted by atomic mass is 10.3. The van der Waals surface area contributed by atoms with Crippen molar-refractivity contribution in [2.45, 2.75) is 0 Å². The number of hydrogen-bond acceptors (Lipinski definition) is 4. The summed E-state index contributed by atoms with van der Waals surface area (Å²) in [5.41, 5.74) is 6.95. The van der Waals surface area contributed by atoms with Crippen molar-refractivity contribution in [1.82, 2.24) is 4.98 Å². The van der Waals surface area contributed by atoms with Gasteiger partial charge >= 0.3 is 0 Å². The molecule has 0 fully saturated rings. The lowest BCUT2D eigenvalue weighted by molar-refractivity contribution is 0.417. The van der Waals surface area contributed by atoms with Crippen LogP contribution in [-0.2, 0) is 0 Å². The molecule has 0 aliphatic carbocycles. The van der Waals surface area contributed by atoms with Gasteiger partial charge in [-0.25, -0.2) is 4.98 Å². The van der Waals surface area contributed by atoms with Crippen molar-refractivity contribution in [2.75, 3.05) is 18.2 Å². The van der Waals surface area contributed by atoms with Crippen LogP contribution in [0, 0.1) is 0 Å². The Morgan fingerprint density at radius 3 is 2.67 bits per heavy atom. The van der Waals surface area contributed by atoms with Crippen molar-refractivity contribution in [3.05, 3.63) is 40.5 Å². The molecule has 0 saturated heterocycles. The summed E-state index contributed by atoms with van der Waals surface area (Å²) in [5, 5.41) is 4.13. The average Bonchev–Trinajstić information content (AvgIpc) is 2.33. The molecule has 0 aliphatic rings. The Balaban J connectivity index is 2.36. The van der Waals surface area contributed by atoms with Crippen LogP contribution in [0.5, 0.6) is 5.75 Å². The van der Waals surface area contributed by atoms with Crippen molar-refractivity contribution in [2.24, 2.45) is 0 Å². The molecule has 0 aliphatic heterocycles. The SMILES string of the molecule is COc1ccc(Cl)cc1Nc1ncc(Cl)cc1N. The number of methoxy groups -OCH3 is 1. The summed E-state index contributed by atoms with van der Waals surface area (Å²) < 4.78 is 5.22. The number of benzene rings is 1. The van der Waals surface area contributed by atoms with Crippen LogP contribution in [0.25, 0.3) is 0 Å². The lowest BCUT2D eigenvalue weighted by Crippen LogP contribution is -2.00. The molecule has 0 unspecified atom stereocenters. The number of anilines is 3. The predicted octanol–water partition coefficient (Wildman–Crippen LogP) is 3.72. The summed E-state index contributed by atoms with van der Waals surface area (Å²) >= 11 is 11.7.